The summed E-state index contributed by atoms with van der Waals surface area (Å²) < 4.78 is 12.1. The van der Waals surface area contributed by atoms with Crippen molar-refractivity contribution in [2.75, 3.05) is 5.75 Å². The molecular weight excluding hydrogens is 352 g/mol. The predicted octanol–water partition coefficient (Wildman–Crippen LogP) is 6.53. The van der Waals surface area contributed by atoms with Gasteiger partial charge >= 0.3 is 0 Å². The Bertz CT molecular complexity index is 688. The lowest BCUT2D eigenvalue weighted by atomic mass is 9.93. The van der Waals surface area contributed by atoms with E-state index in [1.54, 1.807) is 0 Å². The Kier molecular flexibility index (Phi) is 7.70. The minimum atomic E-state index is -0.260. The van der Waals surface area contributed by atoms with Crippen molar-refractivity contribution < 1.29 is 9.47 Å². The van der Waals surface area contributed by atoms with E-state index in [0.717, 1.165) is 35.8 Å². The molecule has 143 valence electrons. The smallest absolute Gasteiger partial charge is 0.247 e. The summed E-state index contributed by atoms with van der Waals surface area (Å²) in [5.41, 5.74) is 1.40. The van der Waals surface area contributed by atoms with Gasteiger partial charge in [0.25, 0.3) is 0 Å². The van der Waals surface area contributed by atoms with E-state index < -0.39 is 0 Å². The van der Waals surface area contributed by atoms with Crippen LogP contribution in [0, 0.1) is 18.3 Å². The molecule has 2 unspecified atom stereocenters. The molecule has 0 aliphatic carbocycles. The lowest BCUT2D eigenvalue weighted by Crippen LogP contribution is -2.29. The number of para-hydroxylation sites is 2. The zero-order valence-electron chi connectivity index (χ0n) is 16.2. The molecule has 1 radical (unpaired) electrons. The molecule has 3 heteroatoms. The summed E-state index contributed by atoms with van der Waals surface area (Å²) >= 11 is 2.00. The second-order valence-electron chi connectivity index (χ2n) is 6.96. The van der Waals surface area contributed by atoms with Gasteiger partial charge in [-0.25, -0.2) is 0 Å². The molecule has 3 rings (SSSR count). The van der Waals surface area contributed by atoms with Gasteiger partial charge < -0.3 is 9.47 Å². The second-order valence-corrected chi connectivity index (χ2v) is 8.07. The van der Waals surface area contributed by atoms with Crippen molar-refractivity contribution in [2.45, 2.75) is 38.7 Å². The molecular formula is C24H29O2S. The summed E-state index contributed by atoms with van der Waals surface area (Å²) in [6, 6.07) is 18.6. The molecule has 2 atom stereocenters. The summed E-state index contributed by atoms with van der Waals surface area (Å²) in [5.74, 6) is 4.59. The standard InChI is InChI=1S/C24H29O2S/c1-3-4-12-21(24-25-22-13-8-9-14-23(22)26-24)17-19(2)15-16-27-18-20-10-6-5-7-11-20/h4-14,17,19,21,24H,3,15-16,18H2,1-2H3. The molecule has 0 bridgehead atoms. The first-order chi connectivity index (χ1) is 13.3. The molecule has 2 nitrogen and oxygen atoms in total. The highest BCUT2D eigenvalue weighted by atomic mass is 32.2. The van der Waals surface area contributed by atoms with Crippen molar-refractivity contribution in [3.8, 4) is 11.5 Å². The average molecular weight is 382 g/mol. The predicted molar refractivity (Wildman–Crippen MR) is 115 cm³/mol. The minimum absolute atomic E-state index is 0.159. The van der Waals surface area contributed by atoms with E-state index in [0.29, 0.717) is 5.92 Å². The first-order valence-corrected chi connectivity index (χ1v) is 11.0. The Morgan fingerprint density at radius 3 is 2.33 bits per heavy atom. The van der Waals surface area contributed by atoms with Crippen LogP contribution in [0.3, 0.4) is 0 Å². The number of hydrogen-bond acceptors (Lipinski definition) is 3. The minimum Gasteiger partial charge on any atom is -0.450 e. The van der Waals surface area contributed by atoms with Gasteiger partial charge in [0.2, 0.25) is 6.29 Å². The van der Waals surface area contributed by atoms with E-state index in [4.69, 9.17) is 9.47 Å². The fourth-order valence-corrected chi connectivity index (χ4v) is 4.24. The zero-order chi connectivity index (χ0) is 18.9. The van der Waals surface area contributed by atoms with Crippen LogP contribution in [-0.2, 0) is 5.75 Å². The van der Waals surface area contributed by atoms with Crippen LogP contribution in [0.1, 0.15) is 32.3 Å². The fourth-order valence-electron chi connectivity index (χ4n) is 3.12. The van der Waals surface area contributed by atoms with Gasteiger partial charge in [-0.1, -0.05) is 68.5 Å². The van der Waals surface area contributed by atoms with Crippen LogP contribution in [0.15, 0.2) is 66.7 Å². The first kappa shape index (κ1) is 19.9. The van der Waals surface area contributed by atoms with Gasteiger partial charge in [0.15, 0.2) is 11.5 Å². The van der Waals surface area contributed by atoms with E-state index in [1.165, 1.54) is 5.56 Å². The van der Waals surface area contributed by atoms with Crippen molar-refractivity contribution in [1.29, 1.82) is 0 Å². The van der Waals surface area contributed by atoms with Gasteiger partial charge in [0.05, 0.1) is 5.92 Å². The third-order valence-electron chi connectivity index (χ3n) is 4.62. The van der Waals surface area contributed by atoms with E-state index in [2.05, 4.69) is 62.8 Å². The zero-order valence-corrected chi connectivity index (χ0v) is 17.0. The fraction of sp³-hybridized carbons (Fsp3) is 0.375. The summed E-state index contributed by atoms with van der Waals surface area (Å²) in [4.78, 5) is 0. The molecule has 0 aromatic heterocycles. The summed E-state index contributed by atoms with van der Waals surface area (Å²) in [6.45, 7) is 4.44. The number of rotatable bonds is 10. The Morgan fingerprint density at radius 1 is 1.00 bits per heavy atom. The topological polar surface area (TPSA) is 18.5 Å². The molecule has 1 heterocycles. The second kappa shape index (κ2) is 10.5. The molecule has 27 heavy (non-hydrogen) atoms. The third-order valence-corrected chi connectivity index (χ3v) is 5.69. The summed E-state index contributed by atoms with van der Waals surface area (Å²) in [6.07, 6.45) is 8.73. The van der Waals surface area contributed by atoms with Crippen LogP contribution in [-0.4, -0.2) is 12.0 Å². The van der Waals surface area contributed by atoms with Gasteiger partial charge in [0, 0.05) is 5.75 Å². The quantitative estimate of drug-likeness (QED) is 0.344. The number of benzene rings is 2. The number of ether oxygens (including phenoxy) is 2. The lowest BCUT2D eigenvalue weighted by Gasteiger charge is -2.22. The normalized spacial score (nSPS) is 15.9. The van der Waals surface area contributed by atoms with Crippen LogP contribution in [0.5, 0.6) is 11.5 Å². The van der Waals surface area contributed by atoms with Crippen LogP contribution in [0.4, 0.5) is 0 Å². The molecule has 0 spiro atoms. The van der Waals surface area contributed by atoms with Gasteiger partial charge in [-0.3, -0.25) is 0 Å². The SMILES string of the molecule is CCC=CC([CH]C(C)CCSCc1ccccc1)C1Oc2ccccc2O1. The lowest BCUT2D eigenvalue weighted by molar-refractivity contribution is 0.0200. The highest BCUT2D eigenvalue weighted by Gasteiger charge is 2.31. The van der Waals surface area contributed by atoms with Gasteiger partial charge in [-0.15, -0.1) is 0 Å². The van der Waals surface area contributed by atoms with E-state index >= 15 is 0 Å². The largest absolute Gasteiger partial charge is 0.450 e. The highest BCUT2D eigenvalue weighted by Crippen LogP contribution is 2.37. The molecule has 0 amide bonds. The van der Waals surface area contributed by atoms with E-state index in [9.17, 15) is 0 Å². The molecule has 1 aliphatic rings. The highest BCUT2D eigenvalue weighted by molar-refractivity contribution is 7.98. The van der Waals surface area contributed by atoms with Crippen molar-refractivity contribution in [2.24, 2.45) is 11.8 Å². The van der Waals surface area contributed by atoms with E-state index in [-0.39, 0.29) is 12.2 Å². The molecule has 0 saturated heterocycles. The molecule has 0 fully saturated rings. The molecule has 2 aromatic carbocycles. The molecule has 0 N–H and O–H groups in total. The van der Waals surface area contributed by atoms with E-state index in [1.807, 2.05) is 36.0 Å². The summed E-state index contributed by atoms with van der Waals surface area (Å²) in [5, 5.41) is 0. The Morgan fingerprint density at radius 2 is 1.67 bits per heavy atom. The number of allylic oxidation sites excluding steroid dienone is 1. The van der Waals surface area contributed by atoms with Gasteiger partial charge in [-0.05, 0) is 48.6 Å². The van der Waals surface area contributed by atoms with Gasteiger partial charge in [0.1, 0.15) is 0 Å². The first-order valence-electron chi connectivity index (χ1n) is 9.82. The molecule has 1 aliphatic heterocycles. The third kappa shape index (κ3) is 6.07. The number of thioether (sulfide) groups is 1. The van der Waals surface area contributed by atoms with Crippen LogP contribution in [0.25, 0.3) is 0 Å². The monoisotopic (exact) mass is 381 g/mol. The molecule has 2 aromatic rings. The Hall–Kier alpha value is -1.87. The maximum atomic E-state index is 6.04. The van der Waals surface area contributed by atoms with Crippen molar-refractivity contribution >= 4 is 11.8 Å². The van der Waals surface area contributed by atoms with Crippen molar-refractivity contribution in [3.05, 3.63) is 78.7 Å². The Labute approximate surface area is 168 Å². The summed E-state index contributed by atoms with van der Waals surface area (Å²) in [7, 11) is 0. The average Bonchev–Trinajstić information content (AvgIpc) is 3.13. The maximum Gasteiger partial charge on any atom is 0.247 e. The van der Waals surface area contributed by atoms with Crippen LogP contribution < -0.4 is 9.47 Å². The van der Waals surface area contributed by atoms with Crippen LogP contribution >= 0.6 is 11.8 Å². The number of fused-ring (bicyclic) bond motifs is 1. The van der Waals surface area contributed by atoms with Gasteiger partial charge in [-0.2, -0.15) is 11.8 Å². The number of hydrogen-bond donors (Lipinski definition) is 0. The Balaban J connectivity index is 1.47. The van der Waals surface area contributed by atoms with Crippen molar-refractivity contribution in [3.63, 3.8) is 0 Å². The van der Waals surface area contributed by atoms with Crippen molar-refractivity contribution in [1.82, 2.24) is 0 Å². The maximum absolute atomic E-state index is 6.04. The molecule has 0 saturated carbocycles. The van der Waals surface area contributed by atoms with Crippen LogP contribution in [0.2, 0.25) is 0 Å².